The molecule has 2 aromatic carbocycles. The van der Waals surface area contributed by atoms with Crippen LogP contribution in [0.2, 0.25) is 5.02 Å². The van der Waals surface area contributed by atoms with E-state index in [0.717, 1.165) is 23.5 Å². The van der Waals surface area contributed by atoms with Crippen LogP contribution in [-0.4, -0.2) is 74.9 Å². The number of aromatic nitrogens is 1. The second-order valence-electron chi connectivity index (χ2n) is 7.97. The van der Waals surface area contributed by atoms with E-state index < -0.39 is 36.0 Å². The smallest absolute Gasteiger partial charge is 0.416 e. The van der Waals surface area contributed by atoms with Crippen molar-refractivity contribution >= 4 is 44.2 Å². The zero-order chi connectivity index (χ0) is 27.9. The van der Waals surface area contributed by atoms with Crippen LogP contribution in [0.3, 0.4) is 0 Å². The first kappa shape index (κ1) is 30.7. The first-order valence-corrected chi connectivity index (χ1v) is 12.1. The largest absolute Gasteiger partial charge is 0.507 e. The maximum absolute atomic E-state index is 12.7. The number of thiazole rings is 1. The molecular weight excluding hydrogens is 539 g/mol. The number of fused-ring (bicyclic) bond motifs is 1. The van der Waals surface area contributed by atoms with Gasteiger partial charge in [-0.15, -0.1) is 0 Å². The van der Waals surface area contributed by atoms with Crippen molar-refractivity contribution in [1.29, 1.82) is 0 Å². The van der Waals surface area contributed by atoms with Gasteiger partial charge in [-0.2, -0.15) is 13.2 Å². The predicted molar refractivity (Wildman–Crippen MR) is 134 cm³/mol. The van der Waals surface area contributed by atoms with Gasteiger partial charge in [0.15, 0.2) is 5.13 Å². The molecule has 9 nitrogen and oxygen atoms in total. The second-order valence-corrected chi connectivity index (χ2v) is 9.43. The van der Waals surface area contributed by atoms with Crippen molar-refractivity contribution in [3.63, 3.8) is 0 Å². The topological polar surface area (TPSA) is 155 Å². The second kappa shape index (κ2) is 13.3. The fourth-order valence-electron chi connectivity index (χ4n) is 3.12. The number of anilines is 1. The molecule has 0 aliphatic carbocycles. The zero-order valence-electron chi connectivity index (χ0n) is 19.8. The molecule has 3 rings (SSSR count). The van der Waals surface area contributed by atoms with E-state index >= 15 is 0 Å². The molecule has 0 fully saturated rings. The molecule has 0 saturated heterocycles. The SMILES string of the molecule is CNCC(O)C(O)C(O)CCO.Cc1cc(Cl)cc(C(=O)Nc2nc3ccc(C(F)(F)F)cc3s2)c1O. The lowest BCUT2D eigenvalue weighted by Gasteiger charge is -2.21. The number of carbonyl (C=O) groups is 1. The number of likely N-dealkylation sites (N-methyl/N-ethyl adjacent to an activating group) is 1. The van der Waals surface area contributed by atoms with Crippen LogP contribution in [0.4, 0.5) is 18.3 Å². The van der Waals surface area contributed by atoms with Gasteiger partial charge in [0.25, 0.3) is 5.91 Å². The molecule has 0 saturated carbocycles. The summed E-state index contributed by atoms with van der Waals surface area (Å²) < 4.78 is 38.5. The Balaban J connectivity index is 0.000000341. The molecule has 204 valence electrons. The molecule has 7 N–H and O–H groups in total. The third-order valence-electron chi connectivity index (χ3n) is 5.07. The van der Waals surface area contributed by atoms with Crippen LogP contribution in [0.1, 0.15) is 27.9 Å². The molecule has 14 heteroatoms. The highest BCUT2D eigenvalue weighted by molar-refractivity contribution is 7.22. The van der Waals surface area contributed by atoms with E-state index in [-0.39, 0.29) is 45.7 Å². The van der Waals surface area contributed by atoms with Gasteiger partial charge < -0.3 is 30.8 Å². The fourth-order valence-corrected chi connectivity index (χ4v) is 4.29. The molecule has 3 aromatic rings. The number of nitrogens with one attached hydrogen (secondary N) is 2. The number of aromatic hydroxyl groups is 1. The summed E-state index contributed by atoms with van der Waals surface area (Å²) in [5.41, 5.74) is -0.0681. The summed E-state index contributed by atoms with van der Waals surface area (Å²) >= 11 is 6.79. The summed E-state index contributed by atoms with van der Waals surface area (Å²) in [5.74, 6) is -0.874. The number of hydrogen-bond donors (Lipinski definition) is 7. The summed E-state index contributed by atoms with van der Waals surface area (Å²) in [5, 5.41) is 51.4. The van der Waals surface area contributed by atoms with Crippen molar-refractivity contribution in [2.24, 2.45) is 0 Å². The minimum atomic E-state index is -4.45. The summed E-state index contributed by atoms with van der Waals surface area (Å²) in [6, 6.07) is 5.95. The van der Waals surface area contributed by atoms with E-state index in [1.54, 1.807) is 14.0 Å². The number of amides is 1. The Morgan fingerprint density at radius 3 is 2.43 bits per heavy atom. The van der Waals surface area contributed by atoms with Gasteiger partial charge in [0.2, 0.25) is 0 Å². The maximum atomic E-state index is 12.7. The lowest BCUT2D eigenvalue weighted by Crippen LogP contribution is -2.42. The molecular formula is C23H27ClF3N3O6S. The third-order valence-corrected chi connectivity index (χ3v) is 6.22. The first-order valence-electron chi connectivity index (χ1n) is 10.9. The molecule has 0 spiro atoms. The summed E-state index contributed by atoms with van der Waals surface area (Å²) in [6.45, 7) is 1.60. The molecule has 1 amide bonds. The average molecular weight is 566 g/mol. The number of aliphatic hydroxyl groups excluding tert-OH is 4. The number of rotatable bonds is 8. The summed E-state index contributed by atoms with van der Waals surface area (Å²) in [4.78, 5) is 16.4. The summed E-state index contributed by atoms with van der Waals surface area (Å²) in [6.07, 6.45) is -7.66. The number of phenolic OH excluding ortho intramolecular Hbond substituents is 1. The lowest BCUT2D eigenvalue weighted by molar-refractivity contribution is -0.137. The van der Waals surface area contributed by atoms with Crippen LogP contribution in [0.15, 0.2) is 30.3 Å². The van der Waals surface area contributed by atoms with Crippen LogP contribution >= 0.6 is 22.9 Å². The van der Waals surface area contributed by atoms with Crippen LogP contribution in [-0.2, 0) is 6.18 Å². The molecule has 0 aliphatic heterocycles. The van der Waals surface area contributed by atoms with Gasteiger partial charge in [-0.1, -0.05) is 22.9 Å². The van der Waals surface area contributed by atoms with Gasteiger partial charge in [0, 0.05) is 18.2 Å². The van der Waals surface area contributed by atoms with Gasteiger partial charge in [-0.25, -0.2) is 4.98 Å². The number of carbonyl (C=O) groups excluding carboxylic acids is 1. The van der Waals surface area contributed by atoms with Crippen LogP contribution in [0.25, 0.3) is 10.2 Å². The van der Waals surface area contributed by atoms with Crippen molar-refractivity contribution in [1.82, 2.24) is 10.3 Å². The minimum Gasteiger partial charge on any atom is -0.507 e. The standard InChI is InChI=1S/C16H10ClF3N2O2S.C7H17NO4/c1-7-4-9(17)6-10(13(7)23)14(24)22-15-21-11-3-2-8(16(18,19)20)5-12(11)25-15;1-8-4-6(11)7(12)5(10)2-3-9/h2-6,23H,1H3,(H,21,22,24);5-12H,2-4H2,1H3. The molecule has 1 aromatic heterocycles. The Labute approximate surface area is 219 Å². The van der Waals surface area contributed by atoms with Crippen molar-refractivity contribution in [3.8, 4) is 5.75 Å². The first-order chi connectivity index (χ1) is 17.3. The Kier molecular flexibility index (Phi) is 11.1. The van der Waals surface area contributed by atoms with E-state index in [2.05, 4.69) is 15.6 Å². The number of aryl methyl sites for hydroxylation is 1. The van der Waals surface area contributed by atoms with Crippen LogP contribution in [0.5, 0.6) is 5.75 Å². The Morgan fingerprint density at radius 2 is 1.84 bits per heavy atom. The third kappa shape index (κ3) is 8.50. The normalized spacial score (nSPS) is 14.0. The van der Waals surface area contributed by atoms with E-state index in [0.29, 0.717) is 11.1 Å². The van der Waals surface area contributed by atoms with E-state index in [9.17, 15) is 28.2 Å². The van der Waals surface area contributed by atoms with Crippen LogP contribution < -0.4 is 10.6 Å². The van der Waals surface area contributed by atoms with Gasteiger partial charge in [0.1, 0.15) is 11.9 Å². The number of phenols is 1. The highest BCUT2D eigenvalue weighted by atomic mass is 35.5. The molecule has 37 heavy (non-hydrogen) atoms. The number of halogens is 4. The monoisotopic (exact) mass is 565 g/mol. The van der Waals surface area contributed by atoms with E-state index in [1.807, 2.05) is 0 Å². The Hall–Kier alpha value is -2.52. The van der Waals surface area contributed by atoms with E-state index in [1.165, 1.54) is 18.2 Å². The van der Waals surface area contributed by atoms with Crippen molar-refractivity contribution in [3.05, 3.63) is 52.0 Å². The van der Waals surface area contributed by atoms with Crippen LogP contribution in [0, 0.1) is 6.92 Å². The molecule has 0 aliphatic rings. The van der Waals surface area contributed by atoms with Gasteiger partial charge in [-0.05, 0) is 56.3 Å². The molecule has 3 atom stereocenters. The Bertz CT molecular complexity index is 1200. The number of nitrogens with zero attached hydrogens (tertiary/aromatic N) is 1. The Morgan fingerprint density at radius 1 is 1.16 bits per heavy atom. The minimum absolute atomic E-state index is 0.0414. The molecule has 3 unspecified atom stereocenters. The molecule has 0 radical (unpaired) electrons. The maximum Gasteiger partial charge on any atom is 0.416 e. The lowest BCUT2D eigenvalue weighted by atomic mass is 10.1. The molecule has 0 bridgehead atoms. The number of alkyl halides is 3. The van der Waals surface area contributed by atoms with Crippen molar-refractivity contribution < 1.29 is 43.5 Å². The highest BCUT2D eigenvalue weighted by Crippen LogP contribution is 2.35. The predicted octanol–water partition coefficient (Wildman–Crippen LogP) is 2.91. The van der Waals surface area contributed by atoms with Crippen molar-refractivity contribution in [2.75, 3.05) is 25.5 Å². The number of hydrogen-bond acceptors (Lipinski definition) is 9. The zero-order valence-corrected chi connectivity index (χ0v) is 21.3. The summed E-state index contributed by atoms with van der Waals surface area (Å²) in [7, 11) is 1.63. The van der Waals surface area contributed by atoms with Gasteiger partial charge in [0.05, 0.1) is 33.6 Å². The van der Waals surface area contributed by atoms with E-state index in [4.69, 9.17) is 26.9 Å². The average Bonchev–Trinajstić information content (AvgIpc) is 3.22. The molecule has 1 heterocycles. The number of benzene rings is 2. The number of aliphatic hydroxyl groups is 4. The quantitative estimate of drug-likeness (QED) is 0.220. The van der Waals surface area contributed by atoms with Gasteiger partial charge >= 0.3 is 6.18 Å². The van der Waals surface area contributed by atoms with Crippen molar-refractivity contribution in [2.45, 2.75) is 37.8 Å². The van der Waals surface area contributed by atoms with Gasteiger partial charge in [-0.3, -0.25) is 10.1 Å². The fraction of sp³-hybridized carbons (Fsp3) is 0.391. The highest BCUT2D eigenvalue weighted by Gasteiger charge is 2.31.